The van der Waals surface area contributed by atoms with E-state index in [2.05, 4.69) is 15.4 Å². The minimum Gasteiger partial charge on any atom is -0.467 e. The molecule has 0 aromatic carbocycles. The van der Waals surface area contributed by atoms with Crippen LogP contribution in [0.1, 0.15) is 23.2 Å². The molecular formula is C15H19N5O. The SMILES string of the molecule is Cn1cc(CCNC(c2ccco2)c2nccn2C)cn1. The average Bonchev–Trinajstić information content (AvgIpc) is 3.18. The van der Waals surface area contributed by atoms with E-state index in [1.807, 2.05) is 54.1 Å². The van der Waals surface area contributed by atoms with Crippen LogP contribution in [0, 0.1) is 0 Å². The first-order valence-corrected chi connectivity index (χ1v) is 6.95. The molecule has 0 saturated carbocycles. The van der Waals surface area contributed by atoms with Crippen molar-refractivity contribution in [2.24, 2.45) is 14.1 Å². The number of rotatable bonds is 6. The second-order valence-corrected chi connectivity index (χ2v) is 5.07. The van der Waals surface area contributed by atoms with Crippen LogP contribution in [0.4, 0.5) is 0 Å². The summed E-state index contributed by atoms with van der Waals surface area (Å²) in [4.78, 5) is 4.43. The second-order valence-electron chi connectivity index (χ2n) is 5.07. The van der Waals surface area contributed by atoms with Crippen molar-refractivity contribution in [2.45, 2.75) is 12.5 Å². The van der Waals surface area contributed by atoms with Crippen LogP contribution in [0.15, 0.2) is 47.6 Å². The van der Waals surface area contributed by atoms with Crippen LogP contribution in [-0.2, 0) is 20.5 Å². The number of hydrogen-bond acceptors (Lipinski definition) is 4. The quantitative estimate of drug-likeness (QED) is 0.748. The first kappa shape index (κ1) is 13.6. The predicted octanol–water partition coefficient (Wildman–Crippen LogP) is 1.67. The number of aromatic nitrogens is 4. The zero-order chi connectivity index (χ0) is 14.7. The molecule has 0 fully saturated rings. The first-order chi connectivity index (χ1) is 10.2. The van der Waals surface area contributed by atoms with Gasteiger partial charge in [-0.3, -0.25) is 4.68 Å². The van der Waals surface area contributed by atoms with Crippen molar-refractivity contribution in [3.05, 3.63) is 60.3 Å². The van der Waals surface area contributed by atoms with Crippen molar-refractivity contribution in [3.63, 3.8) is 0 Å². The van der Waals surface area contributed by atoms with E-state index in [4.69, 9.17) is 4.42 Å². The number of hydrogen-bond donors (Lipinski definition) is 1. The van der Waals surface area contributed by atoms with Gasteiger partial charge in [0.1, 0.15) is 17.6 Å². The van der Waals surface area contributed by atoms with E-state index in [9.17, 15) is 0 Å². The molecule has 3 aromatic heterocycles. The molecule has 1 atom stereocenters. The summed E-state index contributed by atoms with van der Waals surface area (Å²) >= 11 is 0. The fourth-order valence-electron chi connectivity index (χ4n) is 2.39. The van der Waals surface area contributed by atoms with Crippen LogP contribution in [0.25, 0.3) is 0 Å². The van der Waals surface area contributed by atoms with E-state index >= 15 is 0 Å². The maximum atomic E-state index is 5.55. The van der Waals surface area contributed by atoms with Crippen molar-refractivity contribution in [2.75, 3.05) is 6.54 Å². The topological polar surface area (TPSA) is 60.8 Å². The largest absolute Gasteiger partial charge is 0.467 e. The van der Waals surface area contributed by atoms with Crippen LogP contribution >= 0.6 is 0 Å². The van der Waals surface area contributed by atoms with Gasteiger partial charge in [0.05, 0.1) is 12.5 Å². The van der Waals surface area contributed by atoms with Crippen LogP contribution in [0.2, 0.25) is 0 Å². The fraction of sp³-hybridized carbons (Fsp3) is 0.333. The number of nitrogens with one attached hydrogen (secondary N) is 1. The van der Waals surface area contributed by atoms with E-state index < -0.39 is 0 Å². The Morgan fingerprint density at radius 1 is 1.38 bits per heavy atom. The Morgan fingerprint density at radius 3 is 2.90 bits per heavy atom. The minimum absolute atomic E-state index is 0.0447. The number of imidazole rings is 1. The molecule has 0 radical (unpaired) electrons. The van der Waals surface area contributed by atoms with Crippen LogP contribution < -0.4 is 5.32 Å². The highest BCUT2D eigenvalue weighted by Crippen LogP contribution is 2.20. The Labute approximate surface area is 123 Å². The van der Waals surface area contributed by atoms with E-state index in [0.717, 1.165) is 24.6 Å². The van der Waals surface area contributed by atoms with Gasteiger partial charge in [-0.15, -0.1) is 0 Å². The highest BCUT2D eigenvalue weighted by Gasteiger charge is 2.20. The fourth-order valence-corrected chi connectivity index (χ4v) is 2.39. The highest BCUT2D eigenvalue weighted by atomic mass is 16.3. The standard InChI is InChI=1S/C15H19N5O/c1-19-8-7-17-15(19)14(13-4-3-9-21-13)16-6-5-12-10-18-20(2)11-12/h3-4,7-11,14,16H,5-6H2,1-2H3. The van der Waals surface area contributed by atoms with Gasteiger partial charge in [0, 0.05) is 39.2 Å². The summed E-state index contributed by atoms with van der Waals surface area (Å²) in [6.07, 6.45) is 10.3. The normalized spacial score (nSPS) is 12.7. The van der Waals surface area contributed by atoms with Gasteiger partial charge >= 0.3 is 0 Å². The van der Waals surface area contributed by atoms with Crippen molar-refractivity contribution in [1.82, 2.24) is 24.6 Å². The van der Waals surface area contributed by atoms with E-state index in [-0.39, 0.29) is 6.04 Å². The molecule has 3 rings (SSSR count). The summed E-state index contributed by atoms with van der Waals surface area (Å²) in [6, 6.07) is 3.82. The minimum atomic E-state index is -0.0447. The second kappa shape index (κ2) is 5.97. The third-order valence-electron chi connectivity index (χ3n) is 3.46. The van der Waals surface area contributed by atoms with Gasteiger partial charge in [-0.2, -0.15) is 5.10 Å². The molecule has 0 amide bonds. The molecule has 0 aliphatic heterocycles. The Balaban J connectivity index is 1.70. The molecule has 1 unspecified atom stereocenters. The van der Waals surface area contributed by atoms with Gasteiger partial charge in [-0.25, -0.2) is 4.98 Å². The molecule has 0 aliphatic rings. The smallest absolute Gasteiger partial charge is 0.133 e. The zero-order valence-electron chi connectivity index (χ0n) is 12.2. The van der Waals surface area contributed by atoms with Crippen LogP contribution in [0.5, 0.6) is 0 Å². The van der Waals surface area contributed by atoms with E-state index in [1.54, 1.807) is 12.5 Å². The lowest BCUT2D eigenvalue weighted by Gasteiger charge is -2.16. The highest BCUT2D eigenvalue weighted by molar-refractivity contribution is 5.16. The molecule has 6 nitrogen and oxygen atoms in total. The monoisotopic (exact) mass is 285 g/mol. The Kier molecular flexibility index (Phi) is 3.87. The molecular weight excluding hydrogens is 266 g/mol. The van der Waals surface area contributed by atoms with Crippen molar-refractivity contribution in [1.29, 1.82) is 0 Å². The summed E-state index contributed by atoms with van der Waals surface area (Å²) in [5.74, 6) is 1.81. The molecule has 3 heterocycles. The van der Waals surface area contributed by atoms with E-state index in [0.29, 0.717) is 0 Å². The van der Waals surface area contributed by atoms with Gasteiger partial charge in [0.15, 0.2) is 0 Å². The van der Waals surface area contributed by atoms with Crippen molar-refractivity contribution in [3.8, 4) is 0 Å². The van der Waals surface area contributed by atoms with Gasteiger partial charge in [-0.05, 0) is 24.1 Å². The molecule has 21 heavy (non-hydrogen) atoms. The van der Waals surface area contributed by atoms with Crippen LogP contribution in [-0.4, -0.2) is 25.9 Å². The van der Waals surface area contributed by atoms with Gasteiger partial charge in [-0.1, -0.05) is 0 Å². The average molecular weight is 285 g/mol. The van der Waals surface area contributed by atoms with Crippen molar-refractivity contribution >= 4 is 0 Å². The van der Waals surface area contributed by atoms with E-state index in [1.165, 1.54) is 5.56 Å². The first-order valence-electron chi connectivity index (χ1n) is 6.95. The third kappa shape index (κ3) is 3.05. The molecule has 1 N–H and O–H groups in total. The van der Waals surface area contributed by atoms with Gasteiger partial charge < -0.3 is 14.3 Å². The molecule has 0 saturated heterocycles. The third-order valence-corrected chi connectivity index (χ3v) is 3.46. The summed E-state index contributed by atoms with van der Waals surface area (Å²) in [5.41, 5.74) is 1.21. The molecule has 0 bridgehead atoms. The number of aryl methyl sites for hydroxylation is 2. The van der Waals surface area contributed by atoms with Crippen molar-refractivity contribution < 1.29 is 4.42 Å². The summed E-state index contributed by atoms with van der Waals surface area (Å²) in [5, 5.41) is 7.69. The molecule has 0 spiro atoms. The van der Waals surface area contributed by atoms with Crippen LogP contribution in [0.3, 0.4) is 0 Å². The van der Waals surface area contributed by atoms with Gasteiger partial charge in [0.25, 0.3) is 0 Å². The number of nitrogens with zero attached hydrogens (tertiary/aromatic N) is 4. The Morgan fingerprint density at radius 2 is 2.29 bits per heavy atom. The summed E-state index contributed by atoms with van der Waals surface area (Å²) in [6.45, 7) is 0.823. The maximum absolute atomic E-state index is 5.55. The molecule has 6 heteroatoms. The summed E-state index contributed by atoms with van der Waals surface area (Å²) in [7, 11) is 3.91. The maximum Gasteiger partial charge on any atom is 0.133 e. The predicted molar refractivity (Wildman–Crippen MR) is 78.7 cm³/mol. The van der Waals surface area contributed by atoms with Gasteiger partial charge in [0.2, 0.25) is 0 Å². The summed E-state index contributed by atoms with van der Waals surface area (Å²) < 4.78 is 9.37. The zero-order valence-corrected chi connectivity index (χ0v) is 12.2. The lowest BCUT2D eigenvalue weighted by atomic mass is 10.2. The molecule has 110 valence electrons. The number of furan rings is 1. The molecule has 3 aromatic rings. The lowest BCUT2D eigenvalue weighted by molar-refractivity contribution is 0.431. The Hall–Kier alpha value is -2.34. The lowest BCUT2D eigenvalue weighted by Crippen LogP contribution is -2.26. The molecule has 0 aliphatic carbocycles. The Bertz CT molecular complexity index is 683.